The van der Waals surface area contributed by atoms with E-state index in [9.17, 15) is 0 Å². The summed E-state index contributed by atoms with van der Waals surface area (Å²) in [6, 6.07) is 4.69. The van der Waals surface area contributed by atoms with Crippen LogP contribution >= 0.6 is 11.3 Å². The van der Waals surface area contributed by atoms with Crippen molar-refractivity contribution in [3.63, 3.8) is 0 Å². The minimum absolute atomic E-state index is 0.892. The zero-order valence-electron chi connectivity index (χ0n) is 12.7. The number of aryl methyl sites for hydroxylation is 1. The van der Waals surface area contributed by atoms with Gasteiger partial charge >= 0.3 is 0 Å². The average molecular weight is 279 g/mol. The first kappa shape index (κ1) is 15.1. The Bertz CT molecular complexity index is 369. The number of rotatable bonds is 6. The predicted octanol–water partition coefficient (Wildman–Crippen LogP) is 4.51. The summed E-state index contributed by atoms with van der Waals surface area (Å²) in [4.78, 5) is 3.15. The van der Waals surface area contributed by atoms with Gasteiger partial charge in [0.25, 0.3) is 0 Å². The zero-order chi connectivity index (χ0) is 13.7. The van der Waals surface area contributed by atoms with E-state index in [1.54, 1.807) is 9.75 Å². The van der Waals surface area contributed by atoms with E-state index in [1.165, 1.54) is 38.6 Å². The van der Waals surface area contributed by atoms with Crippen molar-refractivity contribution >= 4 is 11.3 Å². The predicted molar refractivity (Wildman–Crippen MR) is 85.9 cm³/mol. The number of nitrogens with one attached hydrogen (secondary N) is 1. The molecule has 1 aromatic rings. The highest BCUT2D eigenvalue weighted by molar-refractivity contribution is 7.11. The molecule has 3 unspecified atom stereocenters. The van der Waals surface area contributed by atoms with Gasteiger partial charge in [0, 0.05) is 9.75 Å². The minimum atomic E-state index is 0.892. The number of thiophene rings is 1. The van der Waals surface area contributed by atoms with Gasteiger partial charge in [-0.25, -0.2) is 0 Å². The Morgan fingerprint density at radius 3 is 2.63 bits per heavy atom. The van der Waals surface area contributed by atoms with Crippen LogP contribution in [0.1, 0.15) is 49.8 Å². The van der Waals surface area contributed by atoms with Crippen molar-refractivity contribution in [1.82, 2.24) is 5.32 Å². The van der Waals surface area contributed by atoms with Crippen LogP contribution in [0.4, 0.5) is 0 Å². The van der Waals surface area contributed by atoms with Crippen molar-refractivity contribution in [3.8, 4) is 0 Å². The van der Waals surface area contributed by atoms with Gasteiger partial charge < -0.3 is 5.32 Å². The summed E-state index contributed by atoms with van der Waals surface area (Å²) in [6.45, 7) is 9.24. The van der Waals surface area contributed by atoms with Crippen LogP contribution in [0.15, 0.2) is 12.1 Å². The molecule has 0 aliphatic heterocycles. The van der Waals surface area contributed by atoms with Gasteiger partial charge in [0.15, 0.2) is 0 Å². The Morgan fingerprint density at radius 1 is 1.16 bits per heavy atom. The molecule has 3 atom stereocenters. The smallest absolute Gasteiger partial charge is 0.00510 e. The van der Waals surface area contributed by atoms with Gasteiger partial charge in [-0.1, -0.05) is 27.2 Å². The summed E-state index contributed by atoms with van der Waals surface area (Å²) in [7, 11) is 0. The molecule has 0 radical (unpaired) electrons. The van der Waals surface area contributed by atoms with Gasteiger partial charge in [-0.2, -0.15) is 0 Å². The molecule has 1 fully saturated rings. The molecule has 1 aromatic heterocycles. The Hall–Kier alpha value is -0.340. The Balaban J connectivity index is 1.96. The van der Waals surface area contributed by atoms with Gasteiger partial charge in [0.1, 0.15) is 0 Å². The summed E-state index contributed by atoms with van der Waals surface area (Å²) in [5.74, 6) is 2.71. The van der Waals surface area contributed by atoms with Crippen LogP contribution in [-0.4, -0.2) is 13.1 Å². The Labute approximate surface area is 122 Å². The zero-order valence-corrected chi connectivity index (χ0v) is 13.6. The van der Waals surface area contributed by atoms with Crippen molar-refractivity contribution < 1.29 is 0 Å². The summed E-state index contributed by atoms with van der Waals surface area (Å²) in [6.07, 6.45) is 6.77. The quantitative estimate of drug-likeness (QED) is 0.807. The molecule has 1 N–H and O–H groups in total. The molecule has 1 heterocycles. The van der Waals surface area contributed by atoms with E-state index in [4.69, 9.17) is 0 Å². The second kappa shape index (κ2) is 7.44. The lowest BCUT2D eigenvalue weighted by Crippen LogP contribution is -2.33. The van der Waals surface area contributed by atoms with Crippen LogP contribution in [0.3, 0.4) is 0 Å². The highest BCUT2D eigenvalue weighted by atomic mass is 32.1. The summed E-state index contributed by atoms with van der Waals surface area (Å²) in [5, 5.41) is 3.57. The van der Waals surface area contributed by atoms with Crippen molar-refractivity contribution in [2.24, 2.45) is 17.8 Å². The van der Waals surface area contributed by atoms with Crippen LogP contribution in [-0.2, 0) is 12.8 Å². The van der Waals surface area contributed by atoms with Crippen LogP contribution < -0.4 is 5.32 Å². The molecule has 1 saturated carbocycles. The molecule has 1 aliphatic rings. The van der Waals surface area contributed by atoms with E-state index in [0.717, 1.165) is 24.3 Å². The standard InChI is InChI=1S/C17H29NS/c1-4-16-8-9-17(19-16)11-15-10-13(3)6-7-14(15)12-18-5-2/h8-9,13-15,18H,4-7,10-12H2,1-3H3. The van der Waals surface area contributed by atoms with Gasteiger partial charge in [-0.05, 0) is 68.7 Å². The molecule has 2 rings (SSSR count). The lowest BCUT2D eigenvalue weighted by Gasteiger charge is -2.35. The van der Waals surface area contributed by atoms with Gasteiger partial charge in [-0.15, -0.1) is 11.3 Å². The minimum Gasteiger partial charge on any atom is -0.317 e. The molecule has 1 nitrogen and oxygen atoms in total. The molecular formula is C17H29NS. The number of hydrogen-bond donors (Lipinski definition) is 1. The largest absolute Gasteiger partial charge is 0.317 e. The van der Waals surface area contributed by atoms with Gasteiger partial charge in [0.2, 0.25) is 0 Å². The lowest BCUT2D eigenvalue weighted by molar-refractivity contribution is 0.185. The lowest BCUT2D eigenvalue weighted by atomic mass is 9.73. The SMILES string of the molecule is CCNCC1CCC(C)CC1Cc1ccc(CC)s1. The van der Waals surface area contributed by atoms with Crippen LogP contribution in [0.5, 0.6) is 0 Å². The van der Waals surface area contributed by atoms with E-state index in [1.807, 2.05) is 11.3 Å². The second-order valence-corrected chi connectivity index (χ2v) is 7.42. The molecule has 0 bridgehead atoms. The van der Waals surface area contributed by atoms with Crippen molar-refractivity contribution in [2.45, 2.75) is 52.9 Å². The summed E-state index contributed by atoms with van der Waals surface area (Å²) >= 11 is 2.03. The summed E-state index contributed by atoms with van der Waals surface area (Å²) < 4.78 is 0. The molecule has 0 spiro atoms. The first-order valence-corrected chi connectivity index (χ1v) is 8.82. The monoisotopic (exact) mass is 279 g/mol. The fourth-order valence-corrected chi connectivity index (χ4v) is 4.44. The van der Waals surface area contributed by atoms with E-state index in [-0.39, 0.29) is 0 Å². The van der Waals surface area contributed by atoms with Crippen molar-refractivity contribution in [3.05, 3.63) is 21.9 Å². The topological polar surface area (TPSA) is 12.0 Å². The molecule has 19 heavy (non-hydrogen) atoms. The van der Waals surface area contributed by atoms with Crippen LogP contribution in [0.2, 0.25) is 0 Å². The van der Waals surface area contributed by atoms with E-state index >= 15 is 0 Å². The maximum Gasteiger partial charge on any atom is 0.00510 e. The first-order valence-electron chi connectivity index (χ1n) is 8.01. The normalized spacial score (nSPS) is 27.6. The molecular weight excluding hydrogens is 250 g/mol. The highest BCUT2D eigenvalue weighted by Crippen LogP contribution is 2.36. The third-order valence-electron chi connectivity index (χ3n) is 4.59. The average Bonchev–Trinajstić information content (AvgIpc) is 2.85. The Morgan fingerprint density at radius 2 is 1.95 bits per heavy atom. The molecule has 1 aliphatic carbocycles. The van der Waals surface area contributed by atoms with Gasteiger partial charge in [-0.3, -0.25) is 0 Å². The molecule has 108 valence electrons. The fourth-order valence-electron chi connectivity index (χ4n) is 3.39. The molecule has 0 saturated heterocycles. The van der Waals surface area contributed by atoms with E-state index in [0.29, 0.717) is 0 Å². The highest BCUT2D eigenvalue weighted by Gasteiger charge is 2.28. The van der Waals surface area contributed by atoms with Gasteiger partial charge in [0.05, 0.1) is 0 Å². The Kier molecular flexibility index (Phi) is 5.90. The number of hydrogen-bond acceptors (Lipinski definition) is 2. The van der Waals surface area contributed by atoms with Crippen LogP contribution in [0, 0.1) is 17.8 Å². The second-order valence-electron chi connectivity index (χ2n) is 6.17. The van der Waals surface area contributed by atoms with Crippen LogP contribution in [0.25, 0.3) is 0 Å². The van der Waals surface area contributed by atoms with Crippen molar-refractivity contribution in [2.75, 3.05) is 13.1 Å². The van der Waals surface area contributed by atoms with Crippen molar-refractivity contribution in [1.29, 1.82) is 0 Å². The third-order valence-corrected chi connectivity index (χ3v) is 5.84. The van der Waals surface area contributed by atoms with E-state index < -0.39 is 0 Å². The first-order chi connectivity index (χ1) is 9.22. The van der Waals surface area contributed by atoms with E-state index in [2.05, 4.69) is 38.2 Å². The molecule has 0 aromatic carbocycles. The maximum absolute atomic E-state index is 3.57. The summed E-state index contributed by atoms with van der Waals surface area (Å²) in [5.41, 5.74) is 0. The fraction of sp³-hybridized carbons (Fsp3) is 0.765. The maximum atomic E-state index is 3.57. The third kappa shape index (κ3) is 4.32. The molecule has 2 heteroatoms. The molecule has 0 amide bonds.